The number of hydrogen-bond donors (Lipinski definition) is 0. The van der Waals surface area contributed by atoms with E-state index < -0.39 is 5.97 Å². The van der Waals surface area contributed by atoms with Crippen LogP contribution < -0.4 is 0 Å². The van der Waals surface area contributed by atoms with Gasteiger partial charge in [-0.2, -0.15) is 0 Å². The van der Waals surface area contributed by atoms with Gasteiger partial charge in [-0.25, -0.2) is 9.78 Å². The number of benzene rings is 1. The fourth-order valence-corrected chi connectivity index (χ4v) is 1.71. The van der Waals surface area contributed by atoms with Crippen molar-refractivity contribution in [2.75, 3.05) is 6.61 Å². The van der Waals surface area contributed by atoms with E-state index in [0.717, 1.165) is 17.2 Å². The van der Waals surface area contributed by atoms with Crippen LogP contribution in [-0.2, 0) is 9.53 Å². The third kappa shape index (κ3) is 3.04. The van der Waals surface area contributed by atoms with Gasteiger partial charge < -0.3 is 4.74 Å². The molecule has 1 aromatic heterocycles. The lowest BCUT2D eigenvalue weighted by molar-refractivity contribution is -0.137. The van der Waals surface area contributed by atoms with Gasteiger partial charge in [-0.3, -0.25) is 4.79 Å². The summed E-state index contributed by atoms with van der Waals surface area (Å²) in [6, 6.07) is 9.24. The highest BCUT2D eigenvalue weighted by Gasteiger charge is 2.04. The lowest BCUT2D eigenvalue weighted by atomic mass is 10.1. The van der Waals surface area contributed by atoms with E-state index in [1.807, 2.05) is 24.3 Å². The van der Waals surface area contributed by atoms with Gasteiger partial charge in [0, 0.05) is 17.0 Å². The molecule has 0 fully saturated rings. The highest BCUT2D eigenvalue weighted by atomic mass is 16.5. The van der Waals surface area contributed by atoms with Crippen molar-refractivity contribution in [1.29, 1.82) is 0 Å². The van der Waals surface area contributed by atoms with E-state index in [-0.39, 0.29) is 0 Å². The lowest BCUT2D eigenvalue weighted by Crippen LogP contribution is -1.99. The molecule has 0 aliphatic rings. The van der Waals surface area contributed by atoms with Crippen molar-refractivity contribution >= 4 is 29.2 Å². The predicted molar refractivity (Wildman–Crippen MR) is 72.8 cm³/mol. The van der Waals surface area contributed by atoms with Gasteiger partial charge in [-0.05, 0) is 25.1 Å². The number of ether oxygens (including phenoxy) is 1. The van der Waals surface area contributed by atoms with Gasteiger partial charge in [0.1, 0.15) is 0 Å². The molecule has 19 heavy (non-hydrogen) atoms. The van der Waals surface area contributed by atoms with Crippen LogP contribution in [0.3, 0.4) is 0 Å². The van der Waals surface area contributed by atoms with Crippen molar-refractivity contribution in [2.45, 2.75) is 6.92 Å². The van der Waals surface area contributed by atoms with Crippen molar-refractivity contribution in [3.63, 3.8) is 0 Å². The molecule has 0 bridgehead atoms. The molecule has 0 unspecified atom stereocenters. The van der Waals surface area contributed by atoms with Crippen LogP contribution in [0.4, 0.5) is 0 Å². The molecule has 2 aromatic rings. The summed E-state index contributed by atoms with van der Waals surface area (Å²) in [7, 11) is 0. The summed E-state index contributed by atoms with van der Waals surface area (Å²) in [5, 5.41) is 0.887. The molecule has 96 valence electrons. The van der Waals surface area contributed by atoms with Crippen molar-refractivity contribution in [1.82, 2.24) is 4.98 Å². The van der Waals surface area contributed by atoms with E-state index in [1.54, 1.807) is 13.0 Å². The molecular formula is C15H13NO3. The van der Waals surface area contributed by atoms with E-state index in [1.165, 1.54) is 12.2 Å². The lowest BCUT2D eigenvalue weighted by Gasteiger charge is -2.02. The number of hydrogen-bond acceptors (Lipinski definition) is 4. The van der Waals surface area contributed by atoms with Crippen LogP contribution >= 0.6 is 0 Å². The highest BCUT2D eigenvalue weighted by molar-refractivity contribution is 5.93. The third-order valence-electron chi connectivity index (χ3n) is 2.58. The number of para-hydroxylation sites is 1. The van der Waals surface area contributed by atoms with Crippen LogP contribution in [0, 0.1) is 0 Å². The number of nitrogens with zero attached hydrogens (tertiary/aromatic N) is 1. The van der Waals surface area contributed by atoms with Gasteiger partial charge >= 0.3 is 5.97 Å². The van der Waals surface area contributed by atoms with E-state index in [4.69, 9.17) is 4.74 Å². The smallest absolute Gasteiger partial charge is 0.330 e. The zero-order valence-electron chi connectivity index (χ0n) is 10.5. The summed E-state index contributed by atoms with van der Waals surface area (Å²) < 4.78 is 4.78. The summed E-state index contributed by atoms with van der Waals surface area (Å²) in [5.74, 6) is -0.450. The maximum absolute atomic E-state index is 11.3. The minimum absolute atomic E-state index is 0.314. The van der Waals surface area contributed by atoms with Gasteiger partial charge in [-0.1, -0.05) is 18.2 Å². The highest BCUT2D eigenvalue weighted by Crippen LogP contribution is 2.16. The van der Waals surface area contributed by atoms with Crippen molar-refractivity contribution in [2.24, 2.45) is 0 Å². The first-order chi connectivity index (χ1) is 9.24. The molecule has 2 rings (SSSR count). The fourth-order valence-electron chi connectivity index (χ4n) is 1.71. The Bertz CT molecular complexity index is 647. The van der Waals surface area contributed by atoms with E-state index in [0.29, 0.717) is 17.9 Å². The normalized spacial score (nSPS) is 10.8. The van der Waals surface area contributed by atoms with E-state index >= 15 is 0 Å². The van der Waals surface area contributed by atoms with Crippen LogP contribution in [0.15, 0.2) is 36.4 Å². The number of esters is 1. The summed E-state index contributed by atoms with van der Waals surface area (Å²) >= 11 is 0. The number of pyridine rings is 1. The first-order valence-corrected chi connectivity index (χ1v) is 5.94. The number of carbonyl (C=O) groups excluding carboxylic acids is 2. The van der Waals surface area contributed by atoms with Gasteiger partial charge in [-0.15, -0.1) is 0 Å². The minimum Gasteiger partial charge on any atom is -0.463 e. The number of fused-ring (bicyclic) bond motifs is 1. The average Bonchev–Trinajstić information content (AvgIpc) is 2.44. The topological polar surface area (TPSA) is 56.3 Å². The van der Waals surface area contributed by atoms with Crippen LogP contribution in [0.1, 0.15) is 23.0 Å². The number of rotatable bonds is 4. The van der Waals surface area contributed by atoms with Crippen LogP contribution in [0.25, 0.3) is 17.0 Å². The molecule has 4 nitrogen and oxygen atoms in total. The molecule has 0 N–H and O–H groups in total. The molecule has 0 radical (unpaired) electrons. The van der Waals surface area contributed by atoms with E-state index in [2.05, 4.69) is 4.98 Å². The minimum atomic E-state index is -0.450. The Balaban J connectivity index is 2.41. The molecule has 0 amide bonds. The third-order valence-corrected chi connectivity index (χ3v) is 2.58. The SMILES string of the molecule is CCOC(=O)/C=C/c1nc2ccccc2cc1C=O. The molecule has 0 saturated heterocycles. The molecule has 0 spiro atoms. The molecule has 0 atom stereocenters. The standard InChI is InChI=1S/C15H13NO3/c1-2-19-15(18)8-7-14-12(10-17)9-11-5-3-4-6-13(11)16-14/h3-10H,2H2,1H3/b8-7+. The second-order valence-electron chi connectivity index (χ2n) is 3.86. The second-order valence-corrected chi connectivity index (χ2v) is 3.86. The molecule has 1 heterocycles. The maximum atomic E-state index is 11.3. The second kappa shape index (κ2) is 5.91. The Morgan fingerprint density at radius 2 is 2.16 bits per heavy atom. The number of aromatic nitrogens is 1. The molecular weight excluding hydrogens is 242 g/mol. The Kier molecular flexibility index (Phi) is 4.03. The van der Waals surface area contributed by atoms with Gasteiger partial charge in [0.25, 0.3) is 0 Å². The van der Waals surface area contributed by atoms with E-state index in [9.17, 15) is 9.59 Å². The summed E-state index contributed by atoms with van der Waals surface area (Å²) in [4.78, 5) is 26.7. The van der Waals surface area contributed by atoms with Gasteiger partial charge in [0.15, 0.2) is 6.29 Å². The number of aldehydes is 1. The van der Waals surface area contributed by atoms with Gasteiger partial charge in [0.05, 0.1) is 17.8 Å². The van der Waals surface area contributed by atoms with Crippen molar-refractivity contribution in [3.05, 3.63) is 47.7 Å². The summed E-state index contributed by atoms with van der Waals surface area (Å²) in [6.07, 6.45) is 3.49. The Morgan fingerprint density at radius 1 is 1.37 bits per heavy atom. The Morgan fingerprint density at radius 3 is 2.89 bits per heavy atom. The maximum Gasteiger partial charge on any atom is 0.330 e. The van der Waals surface area contributed by atoms with Crippen LogP contribution in [0.5, 0.6) is 0 Å². The molecule has 1 aromatic carbocycles. The van der Waals surface area contributed by atoms with Crippen molar-refractivity contribution < 1.29 is 14.3 Å². The predicted octanol–water partition coefficient (Wildman–Crippen LogP) is 2.62. The van der Waals surface area contributed by atoms with Crippen LogP contribution in [-0.4, -0.2) is 23.8 Å². The van der Waals surface area contributed by atoms with Gasteiger partial charge in [0.2, 0.25) is 0 Å². The average molecular weight is 255 g/mol. The largest absolute Gasteiger partial charge is 0.463 e. The fraction of sp³-hybridized carbons (Fsp3) is 0.133. The van der Waals surface area contributed by atoms with Crippen molar-refractivity contribution in [3.8, 4) is 0 Å². The number of carbonyl (C=O) groups is 2. The van der Waals surface area contributed by atoms with Crippen LogP contribution in [0.2, 0.25) is 0 Å². The Hall–Kier alpha value is -2.49. The molecule has 0 aliphatic heterocycles. The first kappa shape index (κ1) is 13.0. The zero-order valence-corrected chi connectivity index (χ0v) is 10.5. The molecule has 4 heteroatoms. The summed E-state index contributed by atoms with van der Waals surface area (Å²) in [6.45, 7) is 2.05. The molecule has 0 aliphatic carbocycles. The quantitative estimate of drug-likeness (QED) is 0.478. The Labute approximate surface area is 110 Å². The first-order valence-electron chi connectivity index (χ1n) is 5.94. The molecule has 0 saturated carbocycles. The summed E-state index contributed by atoms with van der Waals surface area (Å²) in [5.41, 5.74) is 1.68. The monoisotopic (exact) mass is 255 g/mol. The zero-order chi connectivity index (χ0) is 13.7.